The third-order valence-electron chi connectivity index (χ3n) is 5.16. The van der Waals surface area contributed by atoms with Crippen molar-refractivity contribution in [3.8, 4) is 0 Å². The lowest BCUT2D eigenvalue weighted by Crippen LogP contribution is -2.33. The second kappa shape index (κ2) is 10.9. The van der Waals surface area contributed by atoms with Gasteiger partial charge in [0.05, 0.1) is 16.7 Å². The Morgan fingerprint density at radius 2 is 1.85 bits per heavy atom. The number of hydrogen-bond acceptors (Lipinski definition) is 7. The van der Waals surface area contributed by atoms with E-state index in [-0.39, 0.29) is 35.2 Å². The molecule has 0 unspecified atom stereocenters. The van der Waals surface area contributed by atoms with Gasteiger partial charge in [0.25, 0.3) is 11.6 Å². The first-order chi connectivity index (χ1) is 16.2. The van der Waals surface area contributed by atoms with E-state index in [1.807, 2.05) is 19.9 Å². The molecule has 3 rings (SSSR count). The number of nitro groups is 1. The van der Waals surface area contributed by atoms with Gasteiger partial charge < -0.3 is 15.2 Å². The van der Waals surface area contributed by atoms with Gasteiger partial charge in [-0.05, 0) is 31.0 Å². The van der Waals surface area contributed by atoms with Crippen molar-refractivity contribution in [3.63, 3.8) is 0 Å². The largest absolute Gasteiger partial charge is 0.342 e. The normalized spacial score (nSPS) is 11.8. The topological polar surface area (TPSA) is 132 Å². The molecule has 0 aliphatic rings. The number of benzene rings is 2. The fourth-order valence-corrected chi connectivity index (χ4v) is 4.00. The summed E-state index contributed by atoms with van der Waals surface area (Å²) in [6, 6.07) is 13.1. The lowest BCUT2D eigenvalue weighted by molar-refractivity contribution is -0.385. The van der Waals surface area contributed by atoms with Gasteiger partial charge in [-0.15, -0.1) is 10.2 Å². The first-order valence-corrected chi connectivity index (χ1v) is 11.6. The molecule has 0 saturated carbocycles. The molecule has 2 aromatic carbocycles. The zero-order chi connectivity index (χ0) is 24.8. The summed E-state index contributed by atoms with van der Waals surface area (Å²) in [6.45, 7) is 5.59. The van der Waals surface area contributed by atoms with E-state index in [0.29, 0.717) is 27.8 Å². The quantitative estimate of drug-likeness (QED) is 0.269. The molecule has 1 aromatic heterocycles. The molecule has 2 N–H and O–H groups in total. The molecule has 1 heterocycles. The van der Waals surface area contributed by atoms with Crippen LogP contribution in [-0.2, 0) is 11.8 Å². The van der Waals surface area contributed by atoms with E-state index >= 15 is 0 Å². The van der Waals surface area contributed by atoms with Gasteiger partial charge in [-0.3, -0.25) is 19.7 Å². The summed E-state index contributed by atoms with van der Waals surface area (Å²) in [6.07, 6.45) is 0. The molecule has 0 aliphatic carbocycles. The van der Waals surface area contributed by atoms with Gasteiger partial charge in [-0.2, -0.15) is 0 Å². The average molecular weight is 483 g/mol. The second-order valence-electron chi connectivity index (χ2n) is 8.06. The number of carbonyl (C=O) groups is 2. The molecule has 0 radical (unpaired) electrons. The van der Waals surface area contributed by atoms with Gasteiger partial charge in [0.1, 0.15) is 0 Å². The van der Waals surface area contributed by atoms with Crippen LogP contribution >= 0.6 is 11.8 Å². The van der Waals surface area contributed by atoms with E-state index < -0.39 is 4.92 Å². The Bertz CT molecular complexity index is 1200. The standard InChI is InChI=1S/C23H26N6O4S/c1-14(2)20(25-22(31)16-8-6-5-7-9-16)21-26-27-23(28(21)4)34-13-19(30)24-17-11-10-15(3)18(12-17)29(32)33/h5-12,14,20H,13H2,1-4H3,(H,24,30)(H,25,31)/t20-/m1/s1. The van der Waals surface area contributed by atoms with Crippen LogP contribution in [0.1, 0.15) is 41.6 Å². The Morgan fingerprint density at radius 3 is 2.50 bits per heavy atom. The third kappa shape index (κ3) is 5.98. The van der Waals surface area contributed by atoms with Crippen LogP contribution in [0.5, 0.6) is 0 Å². The van der Waals surface area contributed by atoms with Crippen LogP contribution in [0, 0.1) is 23.0 Å². The Hall–Kier alpha value is -3.73. The van der Waals surface area contributed by atoms with Crippen LogP contribution in [0.2, 0.25) is 0 Å². The van der Waals surface area contributed by atoms with Crippen LogP contribution < -0.4 is 10.6 Å². The summed E-state index contributed by atoms with van der Waals surface area (Å²) >= 11 is 1.18. The number of nitrogens with zero attached hydrogens (tertiary/aromatic N) is 4. The van der Waals surface area contributed by atoms with Crippen LogP contribution in [0.3, 0.4) is 0 Å². The minimum atomic E-state index is -0.484. The molecule has 3 aromatic rings. The van der Waals surface area contributed by atoms with Crippen LogP contribution in [0.15, 0.2) is 53.7 Å². The molecule has 1 atom stereocenters. The molecule has 10 nitrogen and oxygen atoms in total. The highest BCUT2D eigenvalue weighted by Gasteiger charge is 2.25. The highest BCUT2D eigenvalue weighted by molar-refractivity contribution is 7.99. The van der Waals surface area contributed by atoms with Crippen LogP contribution in [-0.4, -0.2) is 37.3 Å². The van der Waals surface area contributed by atoms with Crippen molar-refractivity contribution in [2.45, 2.75) is 32.0 Å². The minimum Gasteiger partial charge on any atom is -0.342 e. The fourth-order valence-electron chi connectivity index (χ4n) is 3.28. The number of hydrogen-bond donors (Lipinski definition) is 2. The molecule has 0 fully saturated rings. The molecule has 0 spiro atoms. The number of carbonyl (C=O) groups excluding carboxylic acids is 2. The van der Waals surface area contributed by atoms with Gasteiger partial charge in [0, 0.05) is 29.9 Å². The molecule has 178 valence electrons. The molecule has 0 aliphatic heterocycles. The summed E-state index contributed by atoms with van der Waals surface area (Å²) in [5.41, 5.74) is 1.37. The predicted molar refractivity (Wildman–Crippen MR) is 130 cm³/mol. The number of aryl methyl sites for hydroxylation is 1. The second-order valence-corrected chi connectivity index (χ2v) is 9.00. The predicted octanol–water partition coefficient (Wildman–Crippen LogP) is 3.89. The van der Waals surface area contributed by atoms with E-state index in [9.17, 15) is 19.7 Å². The molecule has 11 heteroatoms. The molecule has 0 saturated heterocycles. The number of aromatic nitrogens is 3. The van der Waals surface area contributed by atoms with Crippen molar-refractivity contribution in [3.05, 3.63) is 75.6 Å². The summed E-state index contributed by atoms with van der Waals surface area (Å²) in [4.78, 5) is 35.7. The van der Waals surface area contributed by atoms with Crippen molar-refractivity contribution < 1.29 is 14.5 Å². The SMILES string of the molecule is Cc1ccc(NC(=O)CSc2nnc([C@H](NC(=O)c3ccccc3)C(C)C)n2C)cc1[N+](=O)[O-]. The monoisotopic (exact) mass is 482 g/mol. The van der Waals surface area contributed by atoms with Gasteiger partial charge >= 0.3 is 0 Å². The number of rotatable bonds is 9. The molecule has 0 bridgehead atoms. The Labute approximate surface area is 201 Å². The summed E-state index contributed by atoms with van der Waals surface area (Å²) in [7, 11) is 1.78. The van der Waals surface area contributed by atoms with Gasteiger partial charge in [0.2, 0.25) is 5.91 Å². The summed E-state index contributed by atoms with van der Waals surface area (Å²) in [5.74, 6) is 0.134. The maximum atomic E-state index is 12.7. The molecule has 34 heavy (non-hydrogen) atoms. The highest BCUT2D eigenvalue weighted by Crippen LogP contribution is 2.25. The van der Waals surface area contributed by atoms with Crippen LogP contribution in [0.4, 0.5) is 11.4 Å². The Kier molecular flexibility index (Phi) is 8.00. The fraction of sp³-hybridized carbons (Fsp3) is 0.304. The maximum Gasteiger partial charge on any atom is 0.274 e. The smallest absolute Gasteiger partial charge is 0.274 e. The molecular formula is C23H26N6O4S. The Morgan fingerprint density at radius 1 is 1.15 bits per heavy atom. The van der Waals surface area contributed by atoms with Crippen molar-refractivity contribution in [1.29, 1.82) is 0 Å². The van der Waals surface area contributed by atoms with Gasteiger partial charge in [-0.25, -0.2) is 0 Å². The molecule has 2 amide bonds. The van der Waals surface area contributed by atoms with E-state index in [0.717, 1.165) is 0 Å². The lowest BCUT2D eigenvalue weighted by atomic mass is 10.0. The highest BCUT2D eigenvalue weighted by atomic mass is 32.2. The van der Waals surface area contributed by atoms with Gasteiger partial charge in [-0.1, -0.05) is 49.9 Å². The van der Waals surface area contributed by atoms with Crippen molar-refractivity contribution in [2.75, 3.05) is 11.1 Å². The first kappa shape index (κ1) is 24.9. The number of thioether (sulfide) groups is 1. The molecular weight excluding hydrogens is 456 g/mol. The average Bonchev–Trinajstić information content (AvgIpc) is 3.17. The first-order valence-electron chi connectivity index (χ1n) is 10.6. The third-order valence-corrected chi connectivity index (χ3v) is 6.18. The van der Waals surface area contributed by atoms with E-state index in [4.69, 9.17) is 0 Å². The zero-order valence-electron chi connectivity index (χ0n) is 19.3. The zero-order valence-corrected chi connectivity index (χ0v) is 20.1. The van der Waals surface area contributed by atoms with Crippen molar-refractivity contribution >= 4 is 35.0 Å². The van der Waals surface area contributed by atoms with Crippen LogP contribution in [0.25, 0.3) is 0 Å². The van der Waals surface area contributed by atoms with E-state index in [2.05, 4.69) is 20.8 Å². The number of anilines is 1. The number of nitrogens with one attached hydrogen (secondary N) is 2. The van der Waals surface area contributed by atoms with E-state index in [1.54, 1.807) is 54.9 Å². The Balaban J connectivity index is 1.66. The van der Waals surface area contributed by atoms with Crippen molar-refractivity contribution in [2.24, 2.45) is 13.0 Å². The minimum absolute atomic E-state index is 0.0381. The summed E-state index contributed by atoms with van der Waals surface area (Å²) in [5, 5.41) is 25.7. The van der Waals surface area contributed by atoms with Crippen molar-refractivity contribution in [1.82, 2.24) is 20.1 Å². The number of amides is 2. The van der Waals surface area contributed by atoms with E-state index in [1.165, 1.54) is 17.8 Å². The van der Waals surface area contributed by atoms with Gasteiger partial charge in [0.15, 0.2) is 11.0 Å². The lowest BCUT2D eigenvalue weighted by Gasteiger charge is -2.21. The maximum absolute atomic E-state index is 12.7. The summed E-state index contributed by atoms with van der Waals surface area (Å²) < 4.78 is 1.75. The number of nitro benzene ring substituents is 1.